The van der Waals surface area contributed by atoms with Gasteiger partial charge < -0.3 is 4.90 Å². The molecule has 0 amide bonds. The average Bonchev–Trinajstić information content (AvgIpc) is 4.20. The van der Waals surface area contributed by atoms with Gasteiger partial charge in [-0.25, -0.2) is 0 Å². The summed E-state index contributed by atoms with van der Waals surface area (Å²) in [6, 6.07) is 74.8. The first-order chi connectivity index (χ1) is 37.2. The molecule has 77 heavy (non-hydrogen) atoms. The van der Waals surface area contributed by atoms with E-state index in [4.69, 9.17) is 0 Å². The molecular formula is C76H69N. The van der Waals surface area contributed by atoms with Gasteiger partial charge in [-0.2, -0.15) is 0 Å². The van der Waals surface area contributed by atoms with Crippen molar-refractivity contribution in [3.63, 3.8) is 0 Å². The van der Waals surface area contributed by atoms with Gasteiger partial charge in [0.25, 0.3) is 0 Å². The van der Waals surface area contributed by atoms with Crippen LogP contribution >= 0.6 is 0 Å². The van der Waals surface area contributed by atoms with Gasteiger partial charge in [0.2, 0.25) is 0 Å². The zero-order valence-electron chi connectivity index (χ0n) is 46.2. The smallest absolute Gasteiger partial charge is 0.0726 e. The Hall–Kier alpha value is -7.22. The van der Waals surface area contributed by atoms with Crippen LogP contribution in [0.4, 0.5) is 17.1 Å². The average molecular weight is 996 g/mol. The second kappa shape index (κ2) is 15.5. The summed E-state index contributed by atoms with van der Waals surface area (Å²) < 4.78 is 0. The molecule has 1 heteroatoms. The molecule has 8 aliphatic carbocycles. The zero-order valence-corrected chi connectivity index (χ0v) is 46.2. The molecule has 0 atom stereocenters. The molecule has 0 aromatic heterocycles. The summed E-state index contributed by atoms with van der Waals surface area (Å²) in [5.41, 5.74) is 30.9. The van der Waals surface area contributed by atoms with Crippen molar-refractivity contribution < 1.29 is 0 Å². The SMILES string of the molecule is CC(C)(C)c1ccc2c(c1)-c1cc(C(C)(C)C)ccc1C21c2ccccc2-c2ccc(N(c3ccc4c(c3)C3(c5ccccc5-4)C4CC5CC(C4)CC3C5)c3ccccc3-c3cccc4c3C(C)(C)c3ccccc3-4)cc21. The van der Waals surface area contributed by atoms with Gasteiger partial charge in [-0.3, -0.25) is 0 Å². The van der Waals surface area contributed by atoms with Gasteiger partial charge in [-0.1, -0.05) is 213 Å². The van der Waals surface area contributed by atoms with Crippen molar-refractivity contribution in [1.82, 2.24) is 0 Å². The number of para-hydroxylation sites is 1. The summed E-state index contributed by atoms with van der Waals surface area (Å²) in [5, 5.41) is 0. The van der Waals surface area contributed by atoms with E-state index in [1.807, 2.05) is 0 Å². The summed E-state index contributed by atoms with van der Waals surface area (Å²) in [7, 11) is 0. The van der Waals surface area contributed by atoms with Gasteiger partial charge in [-0.15, -0.1) is 0 Å². The van der Waals surface area contributed by atoms with Crippen molar-refractivity contribution in [3.8, 4) is 55.6 Å². The van der Waals surface area contributed by atoms with Crippen LogP contribution in [-0.4, -0.2) is 0 Å². The van der Waals surface area contributed by atoms with Crippen LogP contribution in [0.25, 0.3) is 55.6 Å². The first-order valence-corrected chi connectivity index (χ1v) is 29.1. The van der Waals surface area contributed by atoms with E-state index in [9.17, 15) is 0 Å². The third-order valence-corrected chi connectivity index (χ3v) is 21.0. The summed E-state index contributed by atoms with van der Waals surface area (Å²) in [4.78, 5) is 2.69. The number of fused-ring (bicyclic) bond motifs is 16. The fraction of sp³-hybridized carbons (Fsp3) is 0.289. The molecule has 0 saturated heterocycles. The molecule has 4 fully saturated rings. The van der Waals surface area contributed by atoms with E-state index in [2.05, 4.69) is 248 Å². The Labute approximate surface area is 457 Å². The number of hydrogen-bond donors (Lipinski definition) is 0. The van der Waals surface area contributed by atoms with Gasteiger partial charge in [0.1, 0.15) is 0 Å². The minimum Gasteiger partial charge on any atom is -0.310 e. The maximum absolute atomic E-state index is 2.71. The van der Waals surface area contributed by atoms with Crippen LogP contribution in [0.1, 0.15) is 143 Å². The van der Waals surface area contributed by atoms with Crippen LogP contribution in [0.15, 0.2) is 188 Å². The minimum atomic E-state index is -0.509. The van der Waals surface area contributed by atoms with Gasteiger partial charge in [-0.05, 0) is 203 Å². The van der Waals surface area contributed by atoms with Crippen LogP contribution in [0.3, 0.4) is 0 Å². The maximum Gasteiger partial charge on any atom is 0.0726 e. The Morgan fingerprint density at radius 3 is 1.36 bits per heavy atom. The number of benzene rings is 9. The second-order valence-corrected chi connectivity index (χ2v) is 27.2. The van der Waals surface area contributed by atoms with E-state index < -0.39 is 5.41 Å². The lowest BCUT2D eigenvalue weighted by Gasteiger charge is -2.61. The molecule has 9 aromatic carbocycles. The van der Waals surface area contributed by atoms with Crippen LogP contribution in [-0.2, 0) is 27.1 Å². The fourth-order valence-corrected chi connectivity index (χ4v) is 17.9. The zero-order chi connectivity index (χ0) is 52.1. The monoisotopic (exact) mass is 996 g/mol. The molecule has 0 unspecified atom stereocenters. The Morgan fingerprint density at radius 1 is 0.351 bits per heavy atom. The minimum absolute atomic E-state index is 0.00246. The number of nitrogens with zero attached hydrogens (tertiary/aromatic N) is 1. The third-order valence-electron chi connectivity index (χ3n) is 21.0. The number of anilines is 3. The van der Waals surface area contributed by atoms with E-state index in [1.54, 1.807) is 11.1 Å². The molecule has 1 nitrogen and oxygen atoms in total. The Morgan fingerprint density at radius 2 is 0.779 bits per heavy atom. The molecule has 4 bridgehead atoms. The quantitative estimate of drug-likeness (QED) is 0.170. The first-order valence-electron chi connectivity index (χ1n) is 29.1. The van der Waals surface area contributed by atoms with E-state index in [0.29, 0.717) is 11.8 Å². The van der Waals surface area contributed by atoms with Crippen molar-refractivity contribution >= 4 is 17.1 Å². The topological polar surface area (TPSA) is 3.24 Å². The van der Waals surface area contributed by atoms with Crippen molar-refractivity contribution in [2.24, 2.45) is 23.7 Å². The lowest BCUT2D eigenvalue weighted by Crippen LogP contribution is -2.55. The van der Waals surface area contributed by atoms with Crippen molar-refractivity contribution in [1.29, 1.82) is 0 Å². The molecule has 8 aliphatic rings. The highest BCUT2D eigenvalue weighted by molar-refractivity contribution is 5.99. The summed E-state index contributed by atoms with van der Waals surface area (Å²) in [6.45, 7) is 19.0. The van der Waals surface area contributed by atoms with Crippen molar-refractivity contribution in [2.75, 3.05) is 4.90 Å². The van der Waals surface area contributed by atoms with Crippen LogP contribution in [0.2, 0.25) is 0 Å². The highest BCUT2D eigenvalue weighted by Crippen LogP contribution is 2.70. The summed E-state index contributed by atoms with van der Waals surface area (Å²) in [6.07, 6.45) is 6.89. The highest BCUT2D eigenvalue weighted by Gasteiger charge is 2.62. The molecule has 0 aliphatic heterocycles. The highest BCUT2D eigenvalue weighted by atomic mass is 15.1. The molecule has 17 rings (SSSR count). The lowest BCUT2D eigenvalue weighted by molar-refractivity contribution is -0.0399. The Balaban J connectivity index is 0.971. The van der Waals surface area contributed by atoms with E-state index in [1.165, 1.54) is 149 Å². The van der Waals surface area contributed by atoms with Crippen LogP contribution in [0, 0.1) is 23.7 Å². The van der Waals surface area contributed by atoms with Gasteiger partial charge >= 0.3 is 0 Å². The molecule has 2 spiro atoms. The molecule has 9 aromatic rings. The van der Waals surface area contributed by atoms with Crippen molar-refractivity contribution in [3.05, 3.63) is 244 Å². The lowest BCUT2D eigenvalue weighted by atomic mass is 9.43. The molecule has 378 valence electrons. The van der Waals surface area contributed by atoms with Crippen LogP contribution in [0.5, 0.6) is 0 Å². The maximum atomic E-state index is 2.71. The van der Waals surface area contributed by atoms with E-state index >= 15 is 0 Å². The predicted octanol–water partition coefficient (Wildman–Crippen LogP) is 19.8. The molecular weight excluding hydrogens is 927 g/mol. The Bertz CT molecular complexity index is 3920. The van der Waals surface area contributed by atoms with Crippen molar-refractivity contribution in [2.45, 2.75) is 115 Å². The Kier molecular flexibility index (Phi) is 9.25. The molecule has 0 N–H and O–H groups in total. The normalized spacial score (nSPS) is 22.5. The van der Waals surface area contributed by atoms with E-state index in [0.717, 1.165) is 11.8 Å². The predicted molar refractivity (Wildman–Crippen MR) is 321 cm³/mol. The number of hydrogen-bond acceptors (Lipinski definition) is 1. The number of rotatable bonds is 4. The summed E-state index contributed by atoms with van der Waals surface area (Å²) >= 11 is 0. The molecule has 0 heterocycles. The molecule has 0 radical (unpaired) electrons. The van der Waals surface area contributed by atoms with Crippen LogP contribution < -0.4 is 4.90 Å². The van der Waals surface area contributed by atoms with Gasteiger partial charge in [0.15, 0.2) is 0 Å². The third kappa shape index (κ3) is 5.96. The standard InChI is InChI=1S/C76H69N/c1-72(2,3)47-28-34-66-61(41-47)62-42-48(73(4,5)6)29-35-67(62)76(66)65-26-15-11-19-54(65)57-33-31-52(44-69(57)76)77(70-27-16-12-21-58(70)60-23-17-22-59-55-20-9-13-24-63(55)74(7,8)71(59)60)51-30-32-56-53-18-10-14-25-64(53)75(68(56)43-51)49-37-45-36-46(39-49)40-50(75)38-45/h9-35,41-46,49-50H,36-40H2,1-8H3. The van der Waals surface area contributed by atoms with E-state index in [-0.39, 0.29) is 21.7 Å². The fourth-order valence-electron chi connectivity index (χ4n) is 17.9. The van der Waals surface area contributed by atoms with Gasteiger partial charge in [0.05, 0.1) is 11.1 Å². The molecule has 4 saturated carbocycles. The second-order valence-electron chi connectivity index (χ2n) is 27.2. The largest absolute Gasteiger partial charge is 0.310 e. The first kappa shape index (κ1) is 45.9. The van der Waals surface area contributed by atoms with Gasteiger partial charge in [0, 0.05) is 27.8 Å². The summed E-state index contributed by atoms with van der Waals surface area (Å²) in [5.74, 6) is 3.10.